The van der Waals surface area contributed by atoms with Gasteiger partial charge >= 0.3 is 5.97 Å². The summed E-state index contributed by atoms with van der Waals surface area (Å²) in [4.78, 5) is 52.3. The molecule has 0 saturated carbocycles. The minimum atomic E-state index is -1.14. The largest absolute Gasteiger partial charge is 0.465 e. The van der Waals surface area contributed by atoms with Crippen LogP contribution in [0.3, 0.4) is 0 Å². The number of aryl methyl sites for hydroxylation is 1. The van der Waals surface area contributed by atoms with Crippen LogP contribution < -0.4 is 21.7 Å². The van der Waals surface area contributed by atoms with Crippen LogP contribution in [-0.2, 0) is 14.3 Å². The maximum atomic E-state index is 13.8. The van der Waals surface area contributed by atoms with Crippen molar-refractivity contribution in [1.29, 1.82) is 0 Å². The highest BCUT2D eigenvalue weighted by Gasteiger charge is 2.36. The van der Waals surface area contributed by atoms with Crippen molar-refractivity contribution in [3.63, 3.8) is 0 Å². The molecular formula is C22H23N5O5S2. The summed E-state index contributed by atoms with van der Waals surface area (Å²) in [5, 5.41) is 4.31. The molecule has 3 amide bonds. The first-order valence-electron chi connectivity index (χ1n) is 10.2. The molecule has 1 atom stereocenters. The van der Waals surface area contributed by atoms with E-state index in [9.17, 15) is 19.2 Å². The third-order valence-electron chi connectivity index (χ3n) is 4.72. The molecule has 0 aliphatic rings. The lowest BCUT2D eigenvalue weighted by Crippen LogP contribution is -2.45. The van der Waals surface area contributed by atoms with Crippen molar-refractivity contribution in [2.75, 3.05) is 23.8 Å². The monoisotopic (exact) mass is 501 g/mol. The minimum Gasteiger partial charge on any atom is -0.465 e. The van der Waals surface area contributed by atoms with Crippen molar-refractivity contribution < 1.29 is 23.9 Å². The number of nitrogen functional groups attached to an aromatic ring is 1. The van der Waals surface area contributed by atoms with E-state index in [1.165, 1.54) is 16.2 Å². The number of amides is 3. The molecule has 0 unspecified atom stereocenters. The van der Waals surface area contributed by atoms with Gasteiger partial charge in [-0.05, 0) is 49.0 Å². The van der Waals surface area contributed by atoms with Gasteiger partial charge in [-0.1, -0.05) is 23.8 Å². The maximum Gasteiger partial charge on any atom is 0.325 e. The molecule has 2 heterocycles. The molecule has 1 aromatic carbocycles. The Labute approximate surface area is 203 Å². The number of primary amides is 1. The summed E-state index contributed by atoms with van der Waals surface area (Å²) in [7, 11) is 0. The number of esters is 1. The summed E-state index contributed by atoms with van der Waals surface area (Å²) in [5.41, 5.74) is 12.3. The van der Waals surface area contributed by atoms with Gasteiger partial charge in [0.15, 0.2) is 11.7 Å². The number of anilines is 2. The number of rotatable bonds is 9. The van der Waals surface area contributed by atoms with Crippen LogP contribution in [0, 0.1) is 6.92 Å². The Morgan fingerprint density at radius 2 is 1.88 bits per heavy atom. The van der Waals surface area contributed by atoms with Gasteiger partial charge in [-0.3, -0.25) is 24.1 Å². The Kier molecular flexibility index (Phi) is 7.97. The second-order valence-electron chi connectivity index (χ2n) is 7.09. The summed E-state index contributed by atoms with van der Waals surface area (Å²) in [5.74, 6) is -2.71. The summed E-state index contributed by atoms with van der Waals surface area (Å²) >= 11 is 1.99. The molecule has 0 aliphatic carbocycles. The van der Waals surface area contributed by atoms with Crippen molar-refractivity contribution in [2.24, 2.45) is 5.73 Å². The second kappa shape index (κ2) is 10.9. The SMILES string of the molecule is CCOC(=O)CNC(=O)[C@@H](c1cccs1)N(C(=O)c1snc(C(N)=O)c1N)c1ccc(C)cc1. The number of aromatic nitrogens is 1. The van der Waals surface area contributed by atoms with E-state index in [1.54, 1.807) is 48.7 Å². The molecule has 5 N–H and O–H groups in total. The maximum absolute atomic E-state index is 13.8. The standard InChI is InChI=1S/C22H23N5O5S2/c1-3-32-15(28)11-25-21(30)18(14-5-4-10-33-14)27(13-8-6-12(2)7-9-13)22(31)19-16(23)17(20(24)29)26-34-19/h4-10,18H,3,11,23H2,1-2H3,(H2,24,29)(H,25,30)/t18-/m1/s1. The molecule has 178 valence electrons. The van der Waals surface area contributed by atoms with Crippen molar-refractivity contribution in [3.8, 4) is 0 Å². The van der Waals surface area contributed by atoms with E-state index in [0.29, 0.717) is 10.6 Å². The van der Waals surface area contributed by atoms with E-state index in [2.05, 4.69) is 9.69 Å². The Morgan fingerprint density at radius 3 is 2.44 bits per heavy atom. The van der Waals surface area contributed by atoms with Gasteiger partial charge in [0, 0.05) is 10.6 Å². The van der Waals surface area contributed by atoms with E-state index < -0.39 is 29.7 Å². The molecular weight excluding hydrogens is 478 g/mol. The highest BCUT2D eigenvalue weighted by Crippen LogP contribution is 2.34. The van der Waals surface area contributed by atoms with Crippen LogP contribution >= 0.6 is 22.9 Å². The zero-order chi connectivity index (χ0) is 24.8. The number of benzene rings is 1. The van der Waals surface area contributed by atoms with E-state index in [0.717, 1.165) is 17.1 Å². The lowest BCUT2D eigenvalue weighted by Gasteiger charge is -2.30. The van der Waals surface area contributed by atoms with Crippen LogP contribution in [-0.4, -0.2) is 41.2 Å². The topological polar surface area (TPSA) is 158 Å². The Morgan fingerprint density at radius 1 is 1.18 bits per heavy atom. The quantitative estimate of drug-likeness (QED) is 0.379. The number of nitrogens with two attached hydrogens (primary N) is 2. The highest BCUT2D eigenvalue weighted by molar-refractivity contribution is 7.10. The van der Waals surface area contributed by atoms with Crippen LogP contribution in [0.4, 0.5) is 11.4 Å². The fraction of sp³-hybridized carbons (Fsp3) is 0.227. The van der Waals surface area contributed by atoms with Crippen molar-refractivity contribution in [2.45, 2.75) is 19.9 Å². The van der Waals surface area contributed by atoms with Crippen LogP contribution in [0.2, 0.25) is 0 Å². The number of ether oxygens (including phenoxy) is 1. The van der Waals surface area contributed by atoms with Crippen LogP contribution in [0.15, 0.2) is 41.8 Å². The molecule has 0 aliphatic heterocycles. The van der Waals surface area contributed by atoms with Crippen LogP contribution in [0.1, 0.15) is 43.6 Å². The third-order valence-corrected chi connectivity index (χ3v) is 6.49. The highest BCUT2D eigenvalue weighted by atomic mass is 32.1. The molecule has 0 bridgehead atoms. The summed E-state index contributed by atoms with van der Waals surface area (Å²) < 4.78 is 8.79. The Bertz CT molecular complexity index is 1190. The van der Waals surface area contributed by atoms with Crippen LogP contribution in [0.25, 0.3) is 0 Å². The van der Waals surface area contributed by atoms with Gasteiger partial charge in [-0.25, -0.2) is 0 Å². The Hall–Kier alpha value is -3.77. The zero-order valence-corrected chi connectivity index (χ0v) is 20.1. The minimum absolute atomic E-state index is 0.0332. The molecule has 0 saturated heterocycles. The molecule has 0 radical (unpaired) electrons. The molecule has 12 heteroatoms. The van der Waals surface area contributed by atoms with E-state index >= 15 is 0 Å². The molecule has 0 spiro atoms. The van der Waals surface area contributed by atoms with Gasteiger partial charge in [-0.2, -0.15) is 4.37 Å². The number of thiophene rings is 1. The first-order chi connectivity index (χ1) is 16.2. The van der Waals surface area contributed by atoms with Crippen molar-refractivity contribution in [1.82, 2.24) is 9.69 Å². The predicted octanol–water partition coefficient (Wildman–Crippen LogP) is 2.26. The first-order valence-corrected chi connectivity index (χ1v) is 11.8. The smallest absolute Gasteiger partial charge is 0.325 e. The number of hydrogen-bond acceptors (Lipinski definition) is 9. The Balaban J connectivity index is 2.08. The number of carbonyl (C=O) groups is 4. The number of nitrogens with zero attached hydrogens (tertiary/aromatic N) is 2. The summed E-state index contributed by atoms with van der Waals surface area (Å²) in [6.07, 6.45) is 0. The molecule has 3 rings (SSSR count). The lowest BCUT2D eigenvalue weighted by molar-refractivity contribution is -0.143. The average molecular weight is 502 g/mol. The molecule has 34 heavy (non-hydrogen) atoms. The van der Waals surface area contributed by atoms with Gasteiger partial charge < -0.3 is 21.5 Å². The van der Waals surface area contributed by atoms with E-state index in [4.69, 9.17) is 16.2 Å². The molecule has 3 aromatic rings. The summed E-state index contributed by atoms with van der Waals surface area (Å²) in [6, 6.07) is 9.29. The van der Waals surface area contributed by atoms with Crippen molar-refractivity contribution in [3.05, 3.63) is 62.8 Å². The van der Waals surface area contributed by atoms with E-state index in [1.807, 2.05) is 6.92 Å². The predicted molar refractivity (Wildman–Crippen MR) is 130 cm³/mol. The van der Waals surface area contributed by atoms with Gasteiger partial charge in [0.2, 0.25) is 5.91 Å². The number of carbonyl (C=O) groups excluding carboxylic acids is 4. The molecule has 10 nitrogen and oxygen atoms in total. The average Bonchev–Trinajstić information content (AvgIpc) is 3.46. The molecule has 2 aromatic heterocycles. The van der Waals surface area contributed by atoms with Crippen molar-refractivity contribution >= 4 is 57.9 Å². The summed E-state index contributed by atoms with van der Waals surface area (Å²) in [6.45, 7) is 3.35. The van der Waals surface area contributed by atoms with Gasteiger partial charge in [0.1, 0.15) is 11.4 Å². The zero-order valence-electron chi connectivity index (χ0n) is 18.4. The van der Waals surface area contributed by atoms with Gasteiger partial charge in [0.25, 0.3) is 11.8 Å². The fourth-order valence-corrected chi connectivity index (χ4v) is 4.67. The first kappa shape index (κ1) is 24.9. The lowest BCUT2D eigenvalue weighted by atomic mass is 10.1. The normalized spacial score (nSPS) is 11.5. The van der Waals surface area contributed by atoms with Gasteiger partial charge in [-0.15, -0.1) is 11.3 Å². The van der Waals surface area contributed by atoms with Gasteiger partial charge in [0.05, 0.1) is 12.3 Å². The van der Waals surface area contributed by atoms with Crippen LogP contribution in [0.5, 0.6) is 0 Å². The van der Waals surface area contributed by atoms with E-state index in [-0.39, 0.29) is 29.4 Å². The second-order valence-corrected chi connectivity index (χ2v) is 8.84. The fourth-order valence-electron chi connectivity index (χ4n) is 3.12. The molecule has 0 fully saturated rings. The third kappa shape index (κ3) is 5.41. The number of hydrogen-bond donors (Lipinski definition) is 3. The number of nitrogens with one attached hydrogen (secondary N) is 1.